The second-order valence-electron chi connectivity index (χ2n) is 11.3. The summed E-state index contributed by atoms with van der Waals surface area (Å²) in [5.41, 5.74) is 0. The van der Waals surface area contributed by atoms with E-state index in [0.717, 1.165) is 64.5 Å². The second kappa shape index (κ2) is 18.2. The number of hydrogen-bond acceptors (Lipinski definition) is 11. The first kappa shape index (κ1) is 34.8. The van der Waals surface area contributed by atoms with Crippen molar-refractivity contribution in [1.82, 2.24) is 10.6 Å². The van der Waals surface area contributed by atoms with Gasteiger partial charge in [-0.2, -0.15) is 0 Å². The summed E-state index contributed by atoms with van der Waals surface area (Å²) in [5.74, 6) is 0.966. The van der Waals surface area contributed by atoms with Crippen LogP contribution in [0.4, 0.5) is 0 Å². The molecule has 0 aliphatic carbocycles. The van der Waals surface area contributed by atoms with Crippen LogP contribution in [-0.2, 0) is 14.2 Å². The lowest BCUT2D eigenvalue weighted by atomic mass is 9.96. The molecule has 2 heterocycles. The molecule has 0 aromatic carbocycles. The number of rotatable bonds is 18. The van der Waals surface area contributed by atoms with Gasteiger partial charge in [0, 0.05) is 13.1 Å². The highest BCUT2D eigenvalue weighted by Gasteiger charge is 2.49. The van der Waals surface area contributed by atoms with Crippen LogP contribution in [0.5, 0.6) is 0 Å². The Morgan fingerprint density at radius 1 is 0.590 bits per heavy atom. The largest absolute Gasteiger partial charge is 0.388 e. The zero-order chi connectivity index (χ0) is 28.9. The first-order valence-electron chi connectivity index (χ1n) is 15.1. The number of hydrogen-bond donors (Lipinski definition) is 8. The van der Waals surface area contributed by atoms with Crippen molar-refractivity contribution in [1.29, 1.82) is 0 Å². The number of aliphatic hydroxyl groups excluding tert-OH is 6. The minimum absolute atomic E-state index is 0.228. The zero-order valence-electron chi connectivity index (χ0n) is 24.3. The molecule has 11 nitrogen and oxygen atoms in total. The number of nitrogens with one attached hydrogen (secondary N) is 2. The van der Waals surface area contributed by atoms with Crippen LogP contribution in [0.25, 0.3) is 0 Å². The monoisotopic (exact) mass is 564 g/mol. The van der Waals surface area contributed by atoms with Crippen molar-refractivity contribution in [3.8, 4) is 0 Å². The van der Waals surface area contributed by atoms with Crippen molar-refractivity contribution >= 4 is 0 Å². The molecule has 0 aromatic rings. The average Bonchev–Trinajstić information content (AvgIpc) is 2.94. The fourth-order valence-electron chi connectivity index (χ4n) is 5.27. The molecule has 0 spiro atoms. The molecule has 0 aromatic heterocycles. The normalized spacial score (nSPS) is 37.1. The topological polar surface area (TPSA) is 173 Å². The molecule has 2 saturated heterocycles. The molecule has 0 radical (unpaired) electrons. The Bertz CT molecular complexity index is 596. The standard InChI is InChI=1S/C28H56N2O9/c1-5-9-11-17(7-3)13-29-15-19-21(31)23(33)25(35)27(37-19)39-28-26(36)24(34)22(32)20(38-28)16-30-14-18(8-4)12-10-6-2/h17-36H,5-16H2,1-4H3/t17?,18?,19-,20-,21-,22-,23+,24+,25-,26-,27-,28-/m1/s1. The van der Waals surface area contributed by atoms with Gasteiger partial charge in [-0.15, -0.1) is 0 Å². The predicted molar refractivity (Wildman–Crippen MR) is 147 cm³/mol. The summed E-state index contributed by atoms with van der Waals surface area (Å²) in [5, 5.41) is 69.5. The molecule has 8 N–H and O–H groups in total. The first-order valence-corrected chi connectivity index (χ1v) is 15.1. The van der Waals surface area contributed by atoms with Gasteiger partial charge in [0.25, 0.3) is 0 Å². The minimum atomic E-state index is -1.61. The molecule has 232 valence electrons. The van der Waals surface area contributed by atoms with Gasteiger partial charge in [-0.25, -0.2) is 0 Å². The Kier molecular flexibility index (Phi) is 16.2. The Morgan fingerprint density at radius 3 is 1.31 bits per heavy atom. The highest BCUT2D eigenvalue weighted by atomic mass is 16.8. The highest BCUT2D eigenvalue weighted by molar-refractivity contribution is 4.93. The minimum Gasteiger partial charge on any atom is -0.388 e. The fourth-order valence-corrected chi connectivity index (χ4v) is 5.27. The molecule has 0 bridgehead atoms. The van der Waals surface area contributed by atoms with Crippen molar-refractivity contribution in [3.63, 3.8) is 0 Å². The van der Waals surface area contributed by atoms with Gasteiger partial charge in [0.05, 0.1) is 0 Å². The van der Waals surface area contributed by atoms with Gasteiger partial charge in [0.15, 0.2) is 12.6 Å². The Morgan fingerprint density at radius 2 is 0.974 bits per heavy atom. The van der Waals surface area contributed by atoms with Crippen LogP contribution >= 0.6 is 0 Å². The molecule has 0 amide bonds. The summed E-state index contributed by atoms with van der Waals surface area (Å²) in [7, 11) is 0. The number of aliphatic hydroxyl groups is 6. The van der Waals surface area contributed by atoms with Gasteiger partial charge in [-0.05, 0) is 37.8 Å². The first-order chi connectivity index (χ1) is 18.7. The molecule has 11 heteroatoms. The molecule has 2 rings (SSSR count). The van der Waals surface area contributed by atoms with Crippen LogP contribution in [0, 0.1) is 11.8 Å². The molecular formula is C28H56N2O9. The van der Waals surface area contributed by atoms with Gasteiger partial charge in [0.1, 0.15) is 48.8 Å². The smallest absolute Gasteiger partial charge is 0.189 e. The molecular weight excluding hydrogens is 508 g/mol. The van der Waals surface area contributed by atoms with Crippen LogP contribution in [0.2, 0.25) is 0 Å². The van der Waals surface area contributed by atoms with E-state index < -0.39 is 61.4 Å². The quantitative estimate of drug-likeness (QED) is 0.115. The fraction of sp³-hybridized carbons (Fsp3) is 1.00. The van der Waals surface area contributed by atoms with Crippen molar-refractivity contribution in [2.24, 2.45) is 11.8 Å². The summed E-state index contributed by atoms with van der Waals surface area (Å²) in [6.07, 6.45) is -4.81. The van der Waals surface area contributed by atoms with E-state index in [1.54, 1.807) is 0 Å². The third-order valence-corrected chi connectivity index (χ3v) is 8.25. The summed E-state index contributed by atoms with van der Waals surface area (Å²) in [4.78, 5) is 0. The van der Waals surface area contributed by atoms with Crippen LogP contribution in [0.1, 0.15) is 79.1 Å². The van der Waals surface area contributed by atoms with E-state index in [-0.39, 0.29) is 13.1 Å². The Balaban J connectivity index is 1.95. The van der Waals surface area contributed by atoms with Crippen LogP contribution in [0.15, 0.2) is 0 Å². The molecule has 12 atom stereocenters. The lowest BCUT2D eigenvalue weighted by Gasteiger charge is -2.45. The van der Waals surface area contributed by atoms with E-state index >= 15 is 0 Å². The maximum atomic E-state index is 10.5. The van der Waals surface area contributed by atoms with Crippen molar-refractivity contribution in [3.05, 3.63) is 0 Å². The van der Waals surface area contributed by atoms with E-state index in [4.69, 9.17) is 14.2 Å². The maximum Gasteiger partial charge on any atom is 0.189 e. The van der Waals surface area contributed by atoms with E-state index in [1.165, 1.54) is 0 Å². The van der Waals surface area contributed by atoms with Crippen molar-refractivity contribution in [2.75, 3.05) is 26.2 Å². The average molecular weight is 565 g/mol. The SMILES string of the molecule is CCCCC(CC)CNC[C@H]1O[C@H](O[C@H]2O[C@H](CNCC(CC)CCCC)[C@@H](O)[C@H](O)[C@H]2O)[C@H](O)[C@@H](O)[C@@H]1O. The van der Waals surface area contributed by atoms with Crippen molar-refractivity contribution in [2.45, 2.75) is 140 Å². The predicted octanol–water partition coefficient (Wildman–Crippen LogP) is 0.230. The summed E-state index contributed by atoms with van der Waals surface area (Å²) >= 11 is 0. The third kappa shape index (κ3) is 10.4. The summed E-state index contributed by atoms with van der Waals surface area (Å²) in [6.45, 7) is 10.5. The van der Waals surface area contributed by atoms with Gasteiger partial charge in [-0.3, -0.25) is 0 Å². The van der Waals surface area contributed by atoms with Gasteiger partial charge < -0.3 is 55.5 Å². The third-order valence-electron chi connectivity index (χ3n) is 8.25. The van der Waals surface area contributed by atoms with Gasteiger partial charge >= 0.3 is 0 Å². The second-order valence-corrected chi connectivity index (χ2v) is 11.3. The Labute approximate surface area is 234 Å². The number of unbranched alkanes of at least 4 members (excludes halogenated alkanes) is 2. The van der Waals surface area contributed by atoms with Gasteiger partial charge in [0.2, 0.25) is 0 Å². The van der Waals surface area contributed by atoms with Crippen LogP contribution < -0.4 is 10.6 Å². The molecule has 2 fully saturated rings. The maximum absolute atomic E-state index is 10.5. The lowest BCUT2D eigenvalue weighted by molar-refractivity contribution is -0.372. The van der Waals surface area contributed by atoms with E-state index in [9.17, 15) is 30.6 Å². The molecule has 2 aliphatic heterocycles. The Hall–Kier alpha value is -0.440. The highest BCUT2D eigenvalue weighted by Crippen LogP contribution is 2.28. The molecule has 39 heavy (non-hydrogen) atoms. The van der Waals surface area contributed by atoms with E-state index in [1.807, 2.05) is 0 Å². The lowest BCUT2D eigenvalue weighted by Crippen LogP contribution is -2.64. The summed E-state index contributed by atoms with van der Waals surface area (Å²) < 4.78 is 17.3. The van der Waals surface area contributed by atoms with E-state index in [0.29, 0.717) is 11.8 Å². The van der Waals surface area contributed by atoms with E-state index in [2.05, 4.69) is 38.3 Å². The molecule has 2 aliphatic rings. The van der Waals surface area contributed by atoms with Crippen LogP contribution in [-0.4, -0.2) is 118 Å². The van der Waals surface area contributed by atoms with Crippen LogP contribution in [0.3, 0.4) is 0 Å². The van der Waals surface area contributed by atoms with Gasteiger partial charge in [-0.1, -0.05) is 66.2 Å². The molecule has 2 unspecified atom stereocenters. The number of ether oxygens (including phenoxy) is 3. The zero-order valence-corrected chi connectivity index (χ0v) is 24.3. The summed E-state index contributed by atoms with van der Waals surface area (Å²) in [6, 6.07) is 0. The van der Waals surface area contributed by atoms with Crippen molar-refractivity contribution < 1.29 is 44.8 Å². The molecule has 0 saturated carbocycles.